The standard InChI is InChI=1S/C24H21N5O3S/c1-17-6-8-19(9-7-17)15-28-22-5-3-2-4-21(22)26-24(28)33-16-23(30)27-25-14-18-10-12-20(13-11-18)29(31)32/h2-14H,15-16H2,1H3,(H,27,30)/b25-14-. The molecule has 1 N–H and O–H groups in total. The zero-order valence-corrected chi connectivity index (χ0v) is 18.7. The summed E-state index contributed by atoms with van der Waals surface area (Å²) < 4.78 is 2.11. The van der Waals surface area contributed by atoms with E-state index in [9.17, 15) is 14.9 Å². The van der Waals surface area contributed by atoms with Gasteiger partial charge < -0.3 is 4.57 Å². The van der Waals surface area contributed by atoms with E-state index in [4.69, 9.17) is 4.98 Å². The molecule has 166 valence electrons. The van der Waals surface area contributed by atoms with Crippen LogP contribution in [0.25, 0.3) is 11.0 Å². The SMILES string of the molecule is Cc1ccc(Cn2c(SCC(=O)N/N=C\c3ccc([N+](=O)[O-])cc3)nc3ccccc32)cc1. The summed E-state index contributed by atoms with van der Waals surface area (Å²) >= 11 is 1.35. The number of rotatable bonds is 8. The van der Waals surface area contributed by atoms with E-state index in [1.807, 2.05) is 24.3 Å². The molecule has 0 aliphatic rings. The molecule has 0 spiro atoms. The topological polar surface area (TPSA) is 102 Å². The Bertz CT molecular complexity index is 1310. The van der Waals surface area contributed by atoms with Crippen LogP contribution in [0.15, 0.2) is 83.1 Å². The quantitative estimate of drug-likeness (QED) is 0.180. The summed E-state index contributed by atoms with van der Waals surface area (Å²) in [6, 6.07) is 22.2. The van der Waals surface area contributed by atoms with Crippen molar-refractivity contribution < 1.29 is 9.72 Å². The van der Waals surface area contributed by atoms with Crippen molar-refractivity contribution in [2.75, 3.05) is 5.75 Å². The number of nitrogens with one attached hydrogen (secondary N) is 1. The number of hydrazone groups is 1. The summed E-state index contributed by atoms with van der Waals surface area (Å²) in [5.74, 6) is -0.124. The number of aromatic nitrogens is 2. The zero-order chi connectivity index (χ0) is 23.2. The first-order valence-corrected chi connectivity index (χ1v) is 11.2. The lowest BCUT2D eigenvalue weighted by atomic mass is 10.1. The second kappa shape index (κ2) is 10.1. The van der Waals surface area contributed by atoms with E-state index in [1.165, 1.54) is 35.7 Å². The highest BCUT2D eigenvalue weighted by Crippen LogP contribution is 2.25. The molecule has 1 amide bonds. The van der Waals surface area contributed by atoms with Crippen molar-refractivity contribution in [1.29, 1.82) is 0 Å². The van der Waals surface area contributed by atoms with Crippen LogP contribution in [0.1, 0.15) is 16.7 Å². The van der Waals surface area contributed by atoms with Crippen molar-refractivity contribution >= 4 is 40.6 Å². The molecule has 1 aromatic heterocycles. The van der Waals surface area contributed by atoms with Crippen molar-refractivity contribution in [2.24, 2.45) is 5.10 Å². The third kappa shape index (κ3) is 5.64. The predicted molar refractivity (Wildman–Crippen MR) is 130 cm³/mol. The smallest absolute Gasteiger partial charge is 0.269 e. The molecule has 0 unspecified atom stereocenters. The van der Waals surface area contributed by atoms with E-state index in [0.717, 1.165) is 21.8 Å². The van der Waals surface area contributed by atoms with Gasteiger partial charge in [-0.2, -0.15) is 5.10 Å². The molecule has 0 saturated carbocycles. The minimum atomic E-state index is -0.466. The number of aryl methyl sites for hydroxylation is 1. The van der Waals surface area contributed by atoms with Crippen LogP contribution in [0.3, 0.4) is 0 Å². The van der Waals surface area contributed by atoms with Crippen LogP contribution in [0.4, 0.5) is 5.69 Å². The largest absolute Gasteiger partial charge is 0.314 e. The Morgan fingerprint density at radius 2 is 1.85 bits per heavy atom. The van der Waals surface area contributed by atoms with Crippen LogP contribution in [0.2, 0.25) is 0 Å². The van der Waals surface area contributed by atoms with E-state index < -0.39 is 4.92 Å². The van der Waals surface area contributed by atoms with Gasteiger partial charge in [0.15, 0.2) is 5.16 Å². The number of hydrogen-bond acceptors (Lipinski definition) is 6. The highest BCUT2D eigenvalue weighted by Gasteiger charge is 2.13. The van der Waals surface area contributed by atoms with E-state index in [0.29, 0.717) is 12.1 Å². The Balaban J connectivity index is 1.41. The van der Waals surface area contributed by atoms with Gasteiger partial charge in [-0.25, -0.2) is 10.4 Å². The van der Waals surface area contributed by atoms with Crippen LogP contribution in [0, 0.1) is 17.0 Å². The summed E-state index contributed by atoms with van der Waals surface area (Å²) in [5.41, 5.74) is 7.38. The number of thioether (sulfide) groups is 1. The lowest BCUT2D eigenvalue weighted by Crippen LogP contribution is -2.20. The van der Waals surface area contributed by atoms with Crippen molar-refractivity contribution in [2.45, 2.75) is 18.6 Å². The maximum Gasteiger partial charge on any atom is 0.269 e. The summed E-state index contributed by atoms with van der Waals surface area (Å²) in [7, 11) is 0. The molecule has 1 heterocycles. The Morgan fingerprint density at radius 3 is 2.58 bits per heavy atom. The molecule has 0 atom stereocenters. The molecular formula is C24H21N5O3S. The van der Waals surface area contributed by atoms with Crippen LogP contribution in [0.5, 0.6) is 0 Å². The molecule has 4 aromatic rings. The number of fused-ring (bicyclic) bond motifs is 1. The summed E-state index contributed by atoms with van der Waals surface area (Å²) in [4.78, 5) is 27.2. The van der Waals surface area contributed by atoms with Crippen molar-refractivity contribution in [1.82, 2.24) is 15.0 Å². The molecule has 0 bridgehead atoms. The molecule has 9 heteroatoms. The fourth-order valence-electron chi connectivity index (χ4n) is 3.22. The molecule has 0 fully saturated rings. The molecule has 4 rings (SSSR count). The highest BCUT2D eigenvalue weighted by molar-refractivity contribution is 7.99. The molecular weight excluding hydrogens is 438 g/mol. The Hall–Kier alpha value is -3.98. The molecule has 0 saturated heterocycles. The average molecular weight is 460 g/mol. The van der Waals surface area contributed by atoms with Gasteiger partial charge in [-0.15, -0.1) is 0 Å². The first-order chi connectivity index (χ1) is 16.0. The first kappa shape index (κ1) is 22.2. The number of benzene rings is 3. The number of carbonyl (C=O) groups excluding carboxylic acids is 1. The normalized spacial score (nSPS) is 11.2. The molecule has 0 radical (unpaired) electrons. The Morgan fingerprint density at radius 1 is 1.12 bits per heavy atom. The van der Waals surface area contributed by atoms with Gasteiger partial charge in [0.1, 0.15) is 0 Å². The molecule has 8 nitrogen and oxygen atoms in total. The number of carbonyl (C=O) groups is 1. The number of nitro groups is 1. The van der Waals surface area contributed by atoms with Gasteiger partial charge in [0.2, 0.25) is 0 Å². The number of non-ortho nitro benzene ring substituents is 1. The van der Waals surface area contributed by atoms with Gasteiger partial charge in [-0.3, -0.25) is 14.9 Å². The van der Waals surface area contributed by atoms with E-state index in [1.54, 1.807) is 12.1 Å². The Labute approximate surface area is 194 Å². The van der Waals surface area contributed by atoms with Gasteiger partial charge in [0.05, 0.1) is 34.5 Å². The fourth-order valence-corrected chi connectivity index (χ4v) is 4.02. The first-order valence-electron chi connectivity index (χ1n) is 10.2. The van der Waals surface area contributed by atoms with Crippen LogP contribution in [-0.2, 0) is 11.3 Å². The number of nitrogens with zero attached hydrogens (tertiary/aromatic N) is 4. The second-order valence-electron chi connectivity index (χ2n) is 7.39. The second-order valence-corrected chi connectivity index (χ2v) is 8.33. The minimum absolute atomic E-state index is 0.00103. The molecule has 0 aliphatic carbocycles. The summed E-state index contributed by atoms with van der Waals surface area (Å²) in [5, 5.41) is 15.4. The molecule has 33 heavy (non-hydrogen) atoms. The van der Waals surface area contributed by atoms with Crippen molar-refractivity contribution in [3.8, 4) is 0 Å². The maximum atomic E-state index is 12.3. The summed E-state index contributed by atoms with van der Waals surface area (Å²) in [6.07, 6.45) is 1.44. The van der Waals surface area contributed by atoms with Crippen LogP contribution >= 0.6 is 11.8 Å². The Kier molecular flexibility index (Phi) is 6.80. The minimum Gasteiger partial charge on any atom is -0.314 e. The summed E-state index contributed by atoms with van der Waals surface area (Å²) in [6.45, 7) is 2.71. The third-order valence-corrected chi connectivity index (χ3v) is 5.90. The third-order valence-electron chi connectivity index (χ3n) is 4.92. The van der Waals surface area contributed by atoms with E-state index >= 15 is 0 Å². The number of imidazole rings is 1. The van der Waals surface area contributed by atoms with E-state index in [-0.39, 0.29) is 17.3 Å². The number of para-hydroxylation sites is 2. The van der Waals surface area contributed by atoms with Gasteiger partial charge in [0, 0.05) is 12.1 Å². The fraction of sp³-hybridized carbons (Fsp3) is 0.125. The average Bonchev–Trinajstić information content (AvgIpc) is 3.17. The van der Waals surface area contributed by atoms with Crippen molar-refractivity contribution in [3.05, 3.63) is 99.6 Å². The van der Waals surface area contributed by atoms with E-state index in [2.05, 4.69) is 46.3 Å². The number of amides is 1. The van der Waals surface area contributed by atoms with Gasteiger partial charge in [-0.05, 0) is 42.3 Å². The zero-order valence-electron chi connectivity index (χ0n) is 17.8. The van der Waals surface area contributed by atoms with Gasteiger partial charge in [-0.1, -0.05) is 53.7 Å². The van der Waals surface area contributed by atoms with Crippen LogP contribution in [-0.4, -0.2) is 32.3 Å². The lowest BCUT2D eigenvalue weighted by Gasteiger charge is -2.09. The molecule has 3 aromatic carbocycles. The van der Waals surface area contributed by atoms with Crippen LogP contribution < -0.4 is 5.43 Å². The highest BCUT2D eigenvalue weighted by atomic mass is 32.2. The van der Waals surface area contributed by atoms with Gasteiger partial charge >= 0.3 is 0 Å². The number of hydrogen-bond donors (Lipinski definition) is 1. The van der Waals surface area contributed by atoms with Gasteiger partial charge in [0.25, 0.3) is 11.6 Å². The lowest BCUT2D eigenvalue weighted by molar-refractivity contribution is -0.384. The molecule has 0 aliphatic heterocycles. The van der Waals surface area contributed by atoms with Crippen molar-refractivity contribution in [3.63, 3.8) is 0 Å². The monoisotopic (exact) mass is 459 g/mol. The number of nitro benzene ring substituents is 1. The predicted octanol–water partition coefficient (Wildman–Crippen LogP) is 4.54. The maximum absolute atomic E-state index is 12.3.